The number of nitrogens with zero attached hydrogens (tertiary/aromatic N) is 1. The van der Waals surface area contributed by atoms with Gasteiger partial charge in [0.2, 0.25) is 5.91 Å². The molecule has 130 valence electrons. The van der Waals surface area contributed by atoms with Crippen LogP contribution in [-0.4, -0.2) is 46.7 Å². The predicted octanol–water partition coefficient (Wildman–Crippen LogP) is 2.09. The minimum atomic E-state index is -0.406. The van der Waals surface area contributed by atoms with E-state index in [0.717, 1.165) is 25.7 Å². The summed E-state index contributed by atoms with van der Waals surface area (Å²) < 4.78 is 13.5. The molecule has 24 heavy (non-hydrogen) atoms. The van der Waals surface area contributed by atoms with E-state index in [4.69, 9.17) is 0 Å². The SMILES string of the molecule is Cc1cc(C2C[C@H]3CC[C@@H](C2)N3C(=O)[C@@H]2C[C@@H](O)CN2)ccc1F. The van der Waals surface area contributed by atoms with Gasteiger partial charge in [-0.1, -0.05) is 12.1 Å². The molecule has 3 heterocycles. The van der Waals surface area contributed by atoms with Crippen molar-refractivity contribution in [2.45, 2.75) is 69.2 Å². The quantitative estimate of drug-likeness (QED) is 0.872. The zero-order chi connectivity index (χ0) is 16.8. The molecule has 1 unspecified atom stereocenters. The van der Waals surface area contributed by atoms with Crippen molar-refractivity contribution in [1.29, 1.82) is 0 Å². The number of piperidine rings is 1. The summed E-state index contributed by atoms with van der Waals surface area (Å²) in [5.41, 5.74) is 1.90. The van der Waals surface area contributed by atoms with Gasteiger partial charge in [-0.25, -0.2) is 4.39 Å². The van der Waals surface area contributed by atoms with Crippen molar-refractivity contribution < 1.29 is 14.3 Å². The van der Waals surface area contributed by atoms with E-state index in [0.29, 0.717) is 24.4 Å². The number of aliphatic hydroxyl groups is 1. The molecule has 0 radical (unpaired) electrons. The Kier molecular flexibility index (Phi) is 4.09. The Bertz CT molecular complexity index is 636. The molecule has 2 bridgehead atoms. The standard InChI is InChI=1S/C19H25FN2O2/c1-11-6-12(2-5-17(11)20)13-7-14-3-4-15(8-13)22(14)19(24)18-9-16(23)10-21-18/h2,5-6,13-16,18,21,23H,3-4,7-10H2,1H3/t13?,14-,15+,16-,18+/m1/s1. The molecule has 3 fully saturated rings. The number of hydrogen-bond donors (Lipinski definition) is 2. The molecule has 5 atom stereocenters. The Morgan fingerprint density at radius 3 is 2.54 bits per heavy atom. The minimum Gasteiger partial charge on any atom is -0.392 e. The third-order valence-corrected chi connectivity index (χ3v) is 6.05. The molecule has 1 amide bonds. The molecule has 1 aromatic rings. The zero-order valence-electron chi connectivity index (χ0n) is 14.0. The summed E-state index contributed by atoms with van der Waals surface area (Å²) in [6.45, 7) is 2.32. The molecule has 5 heteroatoms. The van der Waals surface area contributed by atoms with E-state index in [2.05, 4.69) is 10.2 Å². The highest BCUT2D eigenvalue weighted by Crippen LogP contribution is 2.43. The number of β-amino-alcohol motifs (C(OH)–C–C–N with tert-alkyl or cyclic N) is 1. The molecule has 3 aliphatic heterocycles. The number of nitrogens with one attached hydrogen (secondary N) is 1. The second-order valence-corrected chi connectivity index (χ2v) is 7.66. The summed E-state index contributed by atoms with van der Waals surface area (Å²) in [5.74, 6) is 0.418. The highest BCUT2D eigenvalue weighted by molar-refractivity contribution is 5.83. The number of aryl methyl sites for hydroxylation is 1. The van der Waals surface area contributed by atoms with Crippen LogP contribution >= 0.6 is 0 Å². The van der Waals surface area contributed by atoms with Crippen LogP contribution in [0.5, 0.6) is 0 Å². The molecule has 3 saturated heterocycles. The molecule has 0 aromatic heterocycles. The zero-order valence-corrected chi connectivity index (χ0v) is 14.0. The van der Waals surface area contributed by atoms with Crippen molar-refractivity contribution in [2.75, 3.05) is 6.54 Å². The van der Waals surface area contributed by atoms with Crippen molar-refractivity contribution in [3.05, 3.63) is 35.1 Å². The predicted molar refractivity (Wildman–Crippen MR) is 89.2 cm³/mol. The van der Waals surface area contributed by atoms with Crippen molar-refractivity contribution in [1.82, 2.24) is 10.2 Å². The van der Waals surface area contributed by atoms with E-state index in [1.165, 1.54) is 5.56 Å². The number of carbonyl (C=O) groups is 1. The van der Waals surface area contributed by atoms with Crippen LogP contribution in [0.15, 0.2) is 18.2 Å². The van der Waals surface area contributed by atoms with E-state index in [-0.39, 0.29) is 29.8 Å². The van der Waals surface area contributed by atoms with E-state index in [1.807, 2.05) is 19.1 Å². The lowest BCUT2D eigenvalue weighted by atomic mass is 9.84. The maximum atomic E-state index is 13.5. The van der Waals surface area contributed by atoms with Crippen LogP contribution in [0.4, 0.5) is 4.39 Å². The average Bonchev–Trinajstić information content (AvgIpc) is 3.10. The Balaban J connectivity index is 1.49. The third kappa shape index (κ3) is 2.74. The molecular weight excluding hydrogens is 307 g/mol. The van der Waals surface area contributed by atoms with Crippen molar-refractivity contribution in [3.63, 3.8) is 0 Å². The molecular formula is C19H25FN2O2. The van der Waals surface area contributed by atoms with Crippen molar-refractivity contribution in [3.8, 4) is 0 Å². The van der Waals surface area contributed by atoms with Gasteiger partial charge in [0.25, 0.3) is 0 Å². The van der Waals surface area contributed by atoms with E-state index < -0.39 is 6.10 Å². The number of rotatable bonds is 2. The van der Waals surface area contributed by atoms with Crippen LogP contribution in [0.3, 0.4) is 0 Å². The third-order valence-electron chi connectivity index (χ3n) is 6.05. The Morgan fingerprint density at radius 2 is 1.96 bits per heavy atom. The summed E-state index contributed by atoms with van der Waals surface area (Å²) in [4.78, 5) is 14.9. The summed E-state index contributed by atoms with van der Waals surface area (Å²) in [7, 11) is 0. The topological polar surface area (TPSA) is 52.6 Å². The Hall–Kier alpha value is -1.46. The minimum absolute atomic E-state index is 0.153. The second-order valence-electron chi connectivity index (χ2n) is 7.66. The number of fused-ring (bicyclic) bond motifs is 2. The number of hydrogen-bond acceptors (Lipinski definition) is 3. The van der Waals surface area contributed by atoms with E-state index >= 15 is 0 Å². The molecule has 1 aromatic carbocycles. The first-order valence-corrected chi connectivity index (χ1v) is 9.02. The molecule has 0 spiro atoms. The fourth-order valence-electron chi connectivity index (χ4n) is 4.82. The van der Waals surface area contributed by atoms with Crippen LogP contribution in [-0.2, 0) is 4.79 Å². The summed E-state index contributed by atoms with van der Waals surface area (Å²) in [5, 5.41) is 12.8. The van der Waals surface area contributed by atoms with Crippen LogP contribution < -0.4 is 5.32 Å². The Morgan fingerprint density at radius 1 is 1.25 bits per heavy atom. The highest BCUT2D eigenvalue weighted by Gasteiger charge is 2.46. The van der Waals surface area contributed by atoms with Gasteiger partial charge in [-0.2, -0.15) is 0 Å². The first-order valence-electron chi connectivity index (χ1n) is 9.02. The second kappa shape index (κ2) is 6.12. The number of aliphatic hydroxyl groups excluding tert-OH is 1. The summed E-state index contributed by atoms with van der Waals surface area (Å²) >= 11 is 0. The molecule has 3 aliphatic rings. The molecule has 4 rings (SSSR count). The van der Waals surface area contributed by atoms with Gasteiger partial charge in [0.15, 0.2) is 0 Å². The number of carbonyl (C=O) groups excluding carboxylic acids is 1. The lowest BCUT2D eigenvalue weighted by Crippen LogP contribution is -2.52. The van der Waals surface area contributed by atoms with Crippen LogP contribution in [0.1, 0.15) is 49.1 Å². The van der Waals surface area contributed by atoms with Crippen molar-refractivity contribution >= 4 is 5.91 Å². The number of benzene rings is 1. The smallest absolute Gasteiger partial charge is 0.240 e. The first-order chi connectivity index (χ1) is 11.5. The average molecular weight is 332 g/mol. The van der Waals surface area contributed by atoms with Gasteiger partial charge in [0.05, 0.1) is 12.1 Å². The van der Waals surface area contributed by atoms with Gasteiger partial charge in [0, 0.05) is 18.6 Å². The van der Waals surface area contributed by atoms with Gasteiger partial charge in [-0.3, -0.25) is 4.79 Å². The fourth-order valence-corrected chi connectivity index (χ4v) is 4.82. The largest absolute Gasteiger partial charge is 0.392 e. The highest BCUT2D eigenvalue weighted by atomic mass is 19.1. The van der Waals surface area contributed by atoms with Gasteiger partial charge in [0.1, 0.15) is 5.82 Å². The molecule has 0 saturated carbocycles. The van der Waals surface area contributed by atoms with Gasteiger partial charge in [-0.05, 0) is 62.1 Å². The van der Waals surface area contributed by atoms with Crippen LogP contribution in [0, 0.1) is 12.7 Å². The molecule has 2 N–H and O–H groups in total. The lowest BCUT2D eigenvalue weighted by molar-refractivity contribution is -0.137. The maximum absolute atomic E-state index is 13.5. The van der Waals surface area contributed by atoms with E-state index in [9.17, 15) is 14.3 Å². The van der Waals surface area contributed by atoms with Gasteiger partial charge < -0.3 is 15.3 Å². The fraction of sp³-hybridized carbons (Fsp3) is 0.632. The normalized spacial score (nSPS) is 35.5. The first kappa shape index (κ1) is 16.0. The maximum Gasteiger partial charge on any atom is 0.240 e. The number of amides is 1. The lowest BCUT2D eigenvalue weighted by Gasteiger charge is -2.40. The summed E-state index contributed by atoms with van der Waals surface area (Å²) in [6.07, 6.45) is 4.15. The summed E-state index contributed by atoms with van der Waals surface area (Å²) in [6, 6.07) is 5.77. The van der Waals surface area contributed by atoms with Crippen LogP contribution in [0.2, 0.25) is 0 Å². The molecule has 4 nitrogen and oxygen atoms in total. The van der Waals surface area contributed by atoms with Gasteiger partial charge >= 0.3 is 0 Å². The number of halogens is 1. The van der Waals surface area contributed by atoms with Gasteiger partial charge in [-0.15, -0.1) is 0 Å². The van der Waals surface area contributed by atoms with Crippen LogP contribution in [0.25, 0.3) is 0 Å². The van der Waals surface area contributed by atoms with E-state index in [1.54, 1.807) is 6.07 Å². The monoisotopic (exact) mass is 332 g/mol. The Labute approximate surface area is 142 Å². The molecule has 0 aliphatic carbocycles. The van der Waals surface area contributed by atoms with Crippen molar-refractivity contribution in [2.24, 2.45) is 0 Å².